The maximum Gasteiger partial charge on any atom is 0.335 e. The van der Waals surface area contributed by atoms with Crippen LogP contribution >= 0.6 is 0 Å². The molecule has 0 saturated heterocycles. The van der Waals surface area contributed by atoms with Crippen molar-refractivity contribution in [2.45, 2.75) is 19.5 Å². The number of carbonyl (C=O) groups excluding carboxylic acids is 2. The lowest BCUT2D eigenvalue weighted by Crippen LogP contribution is -2.36. The summed E-state index contributed by atoms with van der Waals surface area (Å²) in [6, 6.07) is 4.97. The van der Waals surface area contributed by atoms with Crippen molar-refractivity contribution < 1.29 is 19.5 Å². The summed E-state index contributed by atoms with van der Waals surface area (Å²) in [5.74, 6) is -1.44. The van der Waals surface area contributed by atoms with Crippen LogP contribution in [0.3, 0.4) is 0 Å². The van der Waals surface area contributed by atoms with Gasteiger partial charge in [-0.15, -0.1) is 5.10 Å². The fourth-order valence-electron chi connectivity index (χ4n) is 2.78. The van der Waals surface area contributed by atoms with E-state index in [0.29, 0.717) is 19.5 Å². The Hall–Kier alpha value is -3.23. The maximum absolute atomic E-state index is 12.7. The van der Waals surface area contributed by atoms with Gasteiger partial charge in [-0.05, 0) is 29.7 Å². The predicted octanol–water partition coefficient (Wildman–Crippen LogP) is 0.263. The first-order valence-corrected chi connectivity index (χ1v) is 8.10. The van der Waals surface area contributed by atoms with E-state index in [1.807, 2.05) is 0 Å². The second-order valence-electron chi connectivity index (χ2n) is 6.35. The number of hydrogen-bond donors (Lipinski definition) is 1. The summed E-state index contributed by atoms with van der Waals surface area (Å²) in [5, 5.41) is 16.8. The van der Waals surface area contributed by atoms with Crippen molar-refractivity contribution in [3.8, 4) is 0 Å². The Labute approximate surface area is 149 Å². The molecule has 1 aromatic heterocycles. The molecule has 26 heavy (non-hydrogen) atoms. The molecule has 0 aliphatic carbocycles. The third-order valence-electron chi connectivity index (χ3n) is 4.31. The highest BCUT2D eigenvalue weighted by Gasteiger charge is 2.25. The first kappa shape index (κ1) is 17.6. The van der Waals surface area contributed by atoms with Crippen molar-refractivity contribution in [1.29, 1.82) is 0 Å². The minimum atomic E-state index is -0.996. The lowest BCUT2D eigenvalue weighted by atomic mass is 9.97. The molecule has 0 saturated carbocycles. The van der Waals surface area contributed by atoms with E-state index < -0.39 is 5.97 Å². The third kappa shape index (κ3) is 3.56. The number of rotatable bonds is 4. The number of carbonyl (C=O) groups is 3. The first-order valence-electron chi connectivity index (χ1n) is 8.10. The second-order valence-corrected chi connectivity index (χ2v) is 6.35. The fraction of sp³-hybridized carbons (Fsp3) is 0.353. The number of fused-ring (bicyclic) bond motifs is 1. The number of hydrogen-bond acceptors (Lipinski definition) is 5. The minimum absolute atomic E-state index is 0.0120. The molecule has 1 aromatic carbocycles. The molecule has 0 atom stereocenters. The molecule has 9 nitrogen and oxygen atoms in total. The molecule has 3 rings (SSSR count). The molecule has 136 valence electrons. The molecule has 2 aromatic rings. The van der Waals surface area contributed by atoms with Gasteiger partial charge < -0.3 is 14.9 Å². The van der Waals surface area contributed by atoms with E-state index in [2.05, 4.69) is 10.3 Å². The Bertz CT molecular complexity index is 874. The Morgan fingerprint density at radius 3 is 2.69 bits per heavy atom. The predicted molar refractivity (Wildman–Crippen MR) is 90.6 cm³/mol. The fourth-order valence-corrected chi connectivity index (χ4v) is 2.78. The van der Waals surface area contributed by atoms with Gasteiger partial charge in [0.2, 0.25) is 5.91 Å². The SMILES string of the molecule is CN(C)C(=O)Cn1cc(C(=O)N2CCc3ccc(C(=O)O)cc3C2)nn1. The van der Waals surface area contributed by atoms with Crippen LogP contribution in [0, 0.1) is 0 Å². The van der Waals surface area contributed by atoms with Crippen LogP contribution in [-0.4, -0.2) is 68.3 Å². The maximum atomic E-state index is 12.7. The van der Waals surface area contributed by atoms with Gasteiger partial charge in [0.1, 0.15) is 6.54 Å². The molecule has 1 N–H and O–H groups in total. The first-order chi connectivity index (χ1) is 12.3. The number of benzene rings is 1. The van der Waals surface area contributed by atoms with Gasteiger partial charge in [0, 0.05) is 27.2 Å². The summed E-state index contributed by atoms with van der Waals surface area (Å²) in [4.78, 5) is 38.5. The molecule has 2 heterocycles. The molecular weight excluding hydrogens is 338 g/mol. The Balaban J connectivity index is 1.73. The zero-order valence-corrected chi connectivity index (χ0v) is 14.5. The Morgan fingerprint density at radius 2 is 2.00 bits per heavy atom. The van der Waals surface area contributed by atoms with Crippen LogP contribution in [0.15, 0.2) is 24.4 Å². The number of amides is 2. The van der Waals surface area contributed by atoms with Crippen molar-refractivity contribution in [3.63, 3.8) is 0 Å². The van der Waals surface area contributed by atoms with E-state index in [-0.39, 0.29) is 29.6 Å². The minimum Gasteiger partial charge on any atom is -0.478 e. The normalized spacial score (nSPS) is 13.2. The largest absolute Gasteiger partial charge is 0.478 e. The van der Waals surface area contributed by atoms with Gasteiger partial charge in [-0.1, -0.05) is 11.3 Å². The van der Waals surface area contributed by atoms with Crippen LogP contribution in [-0.2, 0) is 24.3 Å². The van der Waals surface area contributed by atoms with Crippen molar-refractivity contribution >= 4 is 17.8 Å². The molecular formula is C17H19N5O4. The number of aromatic carboxylic acids is 1. The molecule has 0 fully saturated rings. The van der Waals surface area contributed by atoms with Gasteiger partial charge in [-0.2, -0.15) is 0 Å². The van der Waals surface area contributed by atoms with Gasteiger partial charge in [-0.25, -0.2) is 9.48 Å². The summed E-state index contributed by atoms with van der Waals surface area (Å²) in [5.41, 5.74) is 2.22. The molecule has 0 bridgehead atoms. The second kappa shape index (κ2) is 6.95. The topological polar surface area (TPSA) is 109 Å². The standard InChI is InChI=1S/C17H19N5O4/c1-20(2)15(23)10-22-9-14(18-19-22)16(24)21-6-5-11-3-4-12(17(25)26)7-13(11)8-21/h3-4,7,9H,5-6,8,10H2,1-2H3,(H,25,26). The average Bonchev–Trinajstić information content (AvgIpc) is 3.08. The molecule has 2 amide bonds. The molecule has 9 heteroatoms. The van der Waals surface area contributed by atoms with Crippen molar-refractivity contribution in [2.75, 3.05) is 20.6 Å². The Kier molecular flexibility index (Phi) is 4.70. The number of aromatic nitrogens is 3. The lowest BCUT2D eigenvalue weighted by Gasteiger charge is -2.28. The Morgan fingerprint density at radius 1 is 1.23 bits per heavy atom. The third-order valence-corrected chi connectivity index (χ3v) is 4.31. The van der Waals surface area contributed by atoms with E-state index >= 15 is 0 Å². The highest BCUT2D eigenvalue weighted by atomic mass is 16.4. The highest BCUT2D eigenvalue weighted by molar-refractivity contribution is 5.92. The van der Waals surface area contributed by atoms with Crippen LogP contribution < -0.4 is 0 Å². The molecule has 0 spiro atoms. The molecule has 1 aliphatic rings. The van der Waals surface area contributed by atoms with E-state index in [1.54, 1.807) is 37.2 Å². The zero-order valence-electron chi connectivity index (χ0n) is 14.5. The lowest BCUT2D eigenvalue weighted by molar-refractivity contribution is -0.129. The smallest absolute Gasteiger partial charge is 0.335 e. The summed E-state index contributed by atoms with van der Waals surface area (Å²) < 4.78 is 1.33. The van der Waals surface area contributed by atoms with Crippen LogP contribution in [0.1, 0.15) is 32.0 Å². The van der Waals surface area contributed by atoms with Crippen LogP contribution in [0.5, 0.6) is 0 Å². The zero-order chi connectivity index (χ0) is 18.8. The van der Waals surface area contributed by atoms with E-state index in [0.717, 1.165) is 11.1 Å². The number of nitrogens with zero attached hydrogens (tertiary/aromatic N) is 5. The quantitative estimate of drug-likeness (QED) is 0.841. The molecule has 0 radical (unpaired) electrons. The van der Waals surface area contributed by atoms with Crippen molar-refractivity contribution in [3.05, 3.63) is 46.8 Å². The van der Waals surface area contributed by atoms with Crippen LogP contribution in [0.2, 0.25) is 0 Å². The number of carboxylic acids is 1. The summed E-state index contributed by atoms with van der Waals surface area (Å²) in [6.07, 6.45) is 2.10. The van der Waals surface area contributed by atoms with Crippen LogP contribution in [0.4, 0.5) is 0 Å². The van der Waals surface area contributed by atoms with Gasteiger partial charge in [0.25, 0.3) is 5.91 Å². The van der Waals surface area contributed by atoms with Gasteiger partial charge in [-0.3, -0.25) is 9.59 Å². The van der Waals surface area contributed by atoms with Crippen LogP contribution in [0.25, 0.3) is 0 Å². The van der Waals surface area contributed by atoms with E-state index in [4.69, 9.17) is 5.11 Å². The molecule has 0 unspecified atom stereocenters. The number of carboxylic acid groups (broad SMARTS) is 1. The summed E-state index contributed by atoms with van der Waals surface area (Å²) in [6.45, 7) is 0.846. The highest BCUT2D eigenvalue weighted by Crippen LogP contribution is 2.21. The summed E-state index contributed by atoms with van der Waals surface area (Å²) in [7, 11) is 3.28. The van der Waals surface area contributed by atoms with E-state index in [1.165, 1.54) is 15.8 Å². The van der Waals surface area contributed by atoms with Gasteiger partial charge in [0.15, 0.2) is 5.69 Å². The van der Waals surface area contributed by atoms with Gasteiger partial charge in [0.05, 0.1) is 11.8 Å². The van der Waals surface area contributed by atoms with Crippen molar-refractivity contribution in [2.24, 2.45) is 0 Å². The molecule has 1 aliphatic heterocycles. The summed E-state index contributed by atoms with van der Waals surface area (Å²) >= 11 is 0. The van der Waals surface area contributed by atoms with Gasteiger partial charge >= 0.3 is 5.97 Å². The van der Waals surface area contributed by atoms with Crippen molar-refractivity contribution in [1.82, 2.24) is 24.8 Å². The average molecular weight is 357 g/mol. The monoisotopic (exact) mass is 357 g/mol. The van der Waals surface area contributed by atoms with E-state index in [9.17, 15) is 14.4 Å². The number of likely N-dealkylation sites (N-methyl/N-ethyl adjacent to an activating group) is 1.